The van der Waals surface area contributed by atoms with Gasteiger partial charge in [-0.15, -0.1) is 0 Å². The Labute approximate surface area is 125 Å². The molecule has 0 aliphatic rings. The lowest BCUT2D eigenvalue weighted by atomic mass is 10.1. The number of nitro benzene ring substituents is 1. The van der Waals surface area contributed by atoms with E-state index >= 15 is 0 Å². The molecule has 1 unspecified atom stereocenters. The number of nitriles is 1. The fourth-order valence-electron chi connectivity index (χ4n) is 1.97. The monoisotopic (exact) mass is 290 g/mol. The van der Waals surface area contributed by atoms with E-state index in [4.69, 9.17) is 5.26 Å². The van der Waals surface area contributed by atoms with Crippen LogP contribution in [0.5, 0.6) is 0 Å². The van der Waals surface area contributed by atoms with Gasteiger partial charge in [0, 0.05) is 25.2 Å². The van der Waals surface area contributed by atoms with Crippen LogP contribution >= 0.6 is 0 Å². The van der Waals surface area contributed by atoms with Crippen molar-refractivity contribution in [1.82, 2.24) is 4.90 Å². The number of anilines is 1. The Morgan fingerprint density at radius 3 is 2.81 bits per heavy atom. The predicted octanol–water partition coefficient (Wildman–Crippen LogP) is 3.15. The molecular formula is C15H22N4O2. The normalized spacial score (nSPS) is 12.0. The Bertz CT molecular complexity index is 525. The lowest BCUT2D eigenvalue weighted by Gasteiger charge is -2.22. The summed E-state index contributed by atoms with van der Waals surface area (Å²) in [5.74, 6) is 0. The molecule has 0 saturated heterocycles. The standard InChI is InChI=1S/C15H22N4O2/c1-4-9-17-14-10-13(5-6-15(14)19(20)21)11-18(3)12(2)7-8-16/h5-6,10,12,17H,4,7,9,11H2,1-3H3. The molecule has 0 aliphatic carbocycles. The van der Waals surface area contributed by atoms with Crippen LogP contribution in [-0.2, 0) is 6.54 Å². The number of hydrogen-bond donors (Lipinski definition) is 1. The van der Waals surface area contributed by atoms with Gasteiger partial charge < -0.3 is 5.32 Å². The Morgan fingerprint density at radius 2 is 2.24 bits per heavy atom. The maximum atomic E-state index is 11.0. The van der Waals surface area contributed by atoms with E-state index in [1.54, 1.807) is 6.07 Å². The average molecular weight is 290 g/mol. The SMILES string of the molecule is CCCNc1cc(CN(C)C(C)CC#N)ccc1[N+](=O)[O-]. The van der Waals surface area contributed by atoms with Gasteiger partial charge in [-0.25, -0.2) is 0 Å². The summed E-state index contributed by atoms with van der Waals surface area (Å²) in [6.07, 6.45) is 1.37. The van der Waals surface area contributed by atoms with Gasteiger partial charge in [-0.1, -0.05) is 13.0 Å². The van der Waals surface area contributed by atoms with Gasteiger partial charge in [-0.05, 0) is 32.0 Å². The minimum absolute atomic E-state index is 0.0972. The fourth-order valence-corrected chi connectivity index (χ4v) is 1.97. The van der Waals surface area contributed by atoms with Crippen LogP contribution in [-0.4, -0.2) is 29.5 Å². The van der Waals surface area contributed by atoms with Crippen LogP contribution < -0.4 is 5.32 Å². The molecule has 1 N–H and O–H groups in total. The van der Waals surface area contributed by atoms with Gasteiger partial charge in [-0.2, -0.15) is 5.26 Å². The molecule has 21 heavy (non-hydrogen) atoms. The second-order valence-electron chi connectivity index (χ2n) is 5.16. The lowest BCUT2D eigenvalue weighted by Crippen LogP contribution is -2.28. The van der Waals surface area contributed by atoms with E-state index in [0.717, 1.165) is 12.0 Å². The first-order chi connectivity index (χ1) is 9.99. The molecule has 0 fully saturated rings. The number of nitro groups is 1. The summed E-state index contributed by atoms with van der Waals surface area (Å²) in [5.41, 5.74) is 1.65. The summed E-state index contributed by atoms with van der Waals surface area (Å²) < 4.78 is 0. The summed E-state index contributed by atoms with van der Waals surface area (Å²) in [5, 5.41) is 22.9. The summed E-state index contributed by atoms with van der Waals surface area (Å²) in [6, 6.07) is 7.43. The molecule has 1 atom stereocenters. The molecular weight excluding hydrogens is 268 g/mol. The van der Waals surface area contributed by atoms with E-state index in [1.165, 1.54) is 6.07 Å². The molecule has 0 spiro atoms. The Morgan fingerprint density at radius 1 is 1.52 bits per heavy atom. The first-order valence-electron chi connectivity index (χ1n) is 7.08. The van der Waals surface area contributed by atoms with Crippen LogP contribution in [0.3, 0.4) is 0 Å². The van der Waals surface area contributed by atoms with Gasteiger partial charge in [-0.3, -0.25) is 15.0 Å². The van der Waals surface area contributed by atoms with Crippen LogP contribution in [0, 0.1) is 21.4 Å². The van der Waals surface area contributed by atoms with Gasteiger partial charge in [0.2, 0.25) is 0 Å². The van der Waals surface area contributed by atoms with Gasteiger partial charge in [0.05, 0.1) is 17.4 Å². The molecule has 1 aromatic rings. The van der Waals surface area contributed by atoms with Gasteiger partial charge in [0.1, 0.15) is 5.69 Å². The minimum atomic E-state index is -0.371. The molecule has 0 bridgehead atoms. The Kier molecular flexibility index (Phi) is 6.63. The van der Waals surface area contributed by atoms with Crippen molar-refractivity contribution < 1.29 is 4.92 Å². The van der Waals surface area contributed by atoms with Crippen molar-refractivity contribution in [2.24, 2.45) is 0 Å². The van der Waals surface area contributed by atoms with Gasteiger partial charge in [0.25, 0.3) is 5.69 Å². The number of rotatable bonds is 8. The molecule has 1 aromatic carbocycles. The highest BCUT2D eigenvalue weighted by Gasteiger charge is 2.15. The third-order valence-electron chi connectivity index (χ3n) is 3.39. The van der Waals surface area contributed by atoms with E-state index in [0.29, 0.717) is 25.2 Å². The Hall–Kier alpha value is -2.13. The van der Waals surface area contributed by atoms with E-state index in [1.807, 2.05) is 27.0 Å². The van der Waals surface area contributed by atoms with Crippen LogP contribution in [0.25, 0.3) is 0 Å². The van der Waals surface area contributed by atoms with E-state index in [2.05, 4.69) is 16.3 Å². The lowest BCUT2D eigenvalue weighted by molar-refractivity contribution is -0.384. The first kappa shape index (κ1) is 16.9. The van der Waals surface area contributed by atoms with Gasteiger partial charge >= 0.3 is 0 Å². The Balaban J connectivity index is 2.89. The maximum Gasteiger partial charge on any atom is 0.292 e. The van der Waals surface area contributed by atoms with Crippen LogP contribution in [0.15, 0.2) is 18.2 Å². The van der Waals surface area contributed by atoms with Crippen molar-refractivity contribution in [3.05, 3.63) is 33.9 Å². The van der Waals surface area contributed by atoms with Crippen molar-refractivity contribution in [3.8, 4) is 6.07 Å². The number of benzene rings is 1. The zero-order valence-corrected chi connectivity index (χ0v) is 12.8. The zero-order chi connectivity index (χ0) is 15.8. The van der Waals surface area contributed by atoms with Crippen molar-refractivity contribution in [2.75, 3.05) is 18.9 Å². The molecule has 0 aliphatic heterocycles. The largest absolute Gasteiger partial charge is 0.379 e. The maximum absolute atomic E-state index is 11.0. The number of hydrogen-bond acceptors (Lipinski definition) is 5. The number of nitrogens with zero attached hydrogens (tertiary/aromatic N) is 3. The van der Waals surface area contributed by atoms with Crippen LogP contribution in [0.4, 0.5) is 11.4 Å². The van der Waals surface area contributed by atoms with Crippen molar-refractivity contribution in [3.63, 3.8) is 0 Å². The smallest absolute Gasteiger partial charge is 0.292 e. The van der Waals surface area contributed by atoms with E-state index in [-0.39, 0.29) is 16.7 Å². The molecule has 0 amide bonds. The van der Waals surface area contributed by atoms with E-state index in [9.17, 15) is 10.1 Å². The summed E-state index contributed by atoms with van der Waals surface area (Å²) in [4.78, 5) is 12.7. The van der Waals surface area contributed by atoms with Crippen molar-refractivity contribution in [1.29, 1.82) is 5.26 Å². The molecule has 6 heteroatoms. The second kappa shape index (κ2) is 8.22. The summed E-state index contributed by atoms with van der Waals surface area (Å²) in [7, 11) is 1.95. The molecule has 0 saturated carbocycles. The molecule has 0 radical (unpaired) electrons. The highest BCUT2D eigenvalue weighted by molar-refractivity contribution is 5.62. The van der Waals surface area contributed by atoms with Crippen molar-refractivity contribution in [2.45, 2.75) is 39.3 Å². The molecule has 0 heterocycles. The van der Waals surface area contributed by atoms with E-state index < -0.39 is 0 Å². The first-order valence-corrected chi connectivity index (χ1v) is 7.08. The predicted molar refractivity (Wildman–Crippen MR) is 83.0 cm³/mol. The third-order valence-corrected chi connectivity index (χ3v) is 3.39. The quantitative estimate of drug-likeness (QED) is 0.587. The number of nitrogens with one attached hydrogen (secondary N) is 1. The minimum Gasteiger partial charge on any atom is -0.379 e. The second-order valence-corrected chi connectivity index (χ2v) is 5.16. The highest BCUT2D eigenvalue weighted by Crippen LogP contribution is 2.26. The molecule has 6 nitrogen and oxygen atoms in total. The van der Waals surface area contributed by atoms with Crippen LogP contribution in [0.2, 0.25) is 0 Å². The van der Waals surface area contributed by atoms with Crippen molar-refractivity contribution >= 4 is 11.4 Å². The molecule has 114 valence electrons. The molecule has 1 rings (SSSR count). The van der Waals surface area contributed by atoms with Gasteiger partial charge in [0.15, 0.2) is 0 Å². The van der Waals surface area contributed by atoms with Crippen LogP contribution in [0.1, 0.15) is 32.3 Å². The summed E-state index contributed by atoms with van der Waals surface area (Å²) in [6.45, 7) is 5.36. The molecule has 0 aromatic heterocycles. The fraction of sp³-hybridized carbons (Fsp3) is 0.533. The zero-order valence-electron chi connectivity index (χ0n) is 12.8. The summed E-state index contributed by atoms with van der Waals surface area (Å²) >= 11 is 0. The third kappa shape index (κ3) is 5.04. The average Bonchev–Trinajstić information content (AvgIpc) is 2.45. The highest BCUT2D eigenvalue weighted by atomic mass is 16.6. The topological polar surface area (TPSA) is 82.2 Å².